The molecule has 0 atom stereocenters. The fourth-order valence-corrected chi connectivity index (χ4v) is 2.93. The van der Waals surface area contributed by atoms with Crippen molar-refractivity contribution in [3.8, 4) is 5.69 Å². The summed E-state index contributed by atoms with van der Waals surface area (Å²) in [6.07, 6.45) is 3.60. The highest BCUT2D eigenvalue weighted by atomic mass is 32.2. The fraction of sp³-hybridized carbons (Fsp3) is 0.111. The quantitative estimate of drug-likeness (QED) is 0.559. The van der Waals surface area contributed by atoms with E-state index in [4.69, 9.17) is 0 Å². The first-order chi connectivity index (χ1) is 11.3. The molecular weight excluding hydrogens is 306 g/mol. The molecule has 0 saturated carbocycles. The van der Waals surface area contributed by atoms with Gasteiger partial charge in [0.25, 0.3) is 5.91 Å². The van der Waals surface area contributed by atoms with Gasteiger partial charge in [-0.2, -0.15) is 5.10 Å². The summed E-state index contributed by atoms with van der Waals surface area (Å²) in [5.74, 6) is 0.798. The maximum Gasteiger partial charge on any atom is 0.251 e. The van der Waals surface area contributed by atoms with E-state index in [0.29, 0.717) is 12.1 Å². The van der Waals surface area contributed by atoms with Crippen molar-refractivity contribution in [2.75, 3.05) is 12.3 Å². The lowest BCUT2D eigenvalue weighted by molar-refractivity contribution is 0.0956. The van der Waals surface area contributed by atoms with Gasteiger partial charge in [-0.3, -0.25) is 4.79 Å². The van der Waals surface area contributed by atoms with Crippen molar-refractivity contribution in [1.29, 1.82) is 0 Å². The summed E-state index contributed by atoms with van der Waals surface area (Å²) in [5.41, 5.74) is 1.59. The largest absolute Gasteiger partial charge is 0.351 e. The molecule has 116 valence electrons. The van der Waals surface area contributed by atoms with Gasteiger partial charge in [-0.05, 0) is 42.5 Å². The molecule has 0 aliphatic rings. The van der Waals surface area contributed by atoms with Crippen molar-refractivity contribution >= 4 is 17.7 Å². The van der Waals surface area contributed by atoms with Gasteiger partial charge in [0.1, 0.15) is 0 Å². The summed E-state index contributed by atoms with van der Waals surface area (Å²) in [6.45, 7) is 0.638. The molecule has 0 fully saturated rings. The number of rotatable bonds is 6. The van der Waals surface area contributed by atoms with Crippen LogP contribution in [0.3, 0.4) is 0 Å². The van der Waals surface area contributed by atoms with Crippen LogP contribution in [0.15, 0.2) is 78.0 Å². The van der Waals surface area contributed by atoms with Crippen LogP contribution in [0.4, 0.5) is 0 Å². The van der Waals surface area contributed by atoms with Gasteiger partial charge in [0.15, 0.2) is 0 Å². The minimum Gasteiger partial charge on any atom is -0.351 e. The van der Waals surface area contributed by atoms with Crippen LogP contribution in [0, 0.1) is 0 Å². The second-order valence-corrected chi connectivity index (χ2v) is 6.08. The lowest BCUT2D eigenvalue weighted by Crippen LogP contribution is -2.25. The molecule has 0 aliphatic heterocycles. The number of carbonyl (C=O) groups excluding carboxylic acids is 1. The van der Waals surface area contributed by atoms with E-state index in [-0.39, 0.29) is 5.91 Å². The number of benzene rings is 2. The minimum atomic E-state index is -0.0503. The van der Waals surface area contributed by atoms with E-state index in [1.54, 1.807) is 22.6 Å². The van der Waals surface area contributed by atoms with E-state index >= 15 is 0 Å². The Kier molecular flexibility index (Phi) is 5.11. The number of carbonyl (C=O) groups is 1. The first-order valence-electron chi connectivity index (χ1n) is 7.39. The van der Waals surface area contributed by atoms with Crippen molar-refractivity contribution in [1.82, 2.24) is 15.1 Å². The molecule has 2 aromatic carbocycles. The van der Waals surface area contributed by atoms with Gasteiger partial charge >= 0.3 is 0 Å². The van der Waals surface area contributed by atoms with E-state index < -0.39 is 0 Å². The van der Waals surface area contributed by atoms with Crippen LogP contribution in [0.25, 0.3) is 5.69 Å². The molecule has 3 aromatic rings. The molecule has 23 heavy (non-hydrogen) atoms. The predicted octanol–water partition coefficient (Wildman–Crippen LogP) is 3.39. The van der Waals surface area contributed by atoms with Crippen LogP contribution >= 0.6 is 11.8 Å². The third kappa shape index (κ3) is 4.23. The number of hydrogen-bond donors (Lipinski definition) is 1. The normalized spacial score (nSPS) is 10.4. The number of hydrogen-bond acceptors (Lipinski definition) is 3. The van der Waals surface area contributed by atoms with Crippen LogP contribution < -0.4 is 5.32 Å². The molecule has 1 amide bonds. The fourth-order valence-electron chi connectivity index (χ4n) is 2.14. The van der Waals surface area contributed by atoms with Crippen LogP contribution in [0.2, 0.25) is 0 Å². The molecule has 1 aromatic heterocycles. The van der Waals surface area contributed by atoms with Crippen molar-refractivity contribution in [3.63, 3.8) is 0 Å². The topological polar surface area (TPSA) is 46.9 Å². The van der Waals surface area contributed by atoms with E-state index in [1.165, 1.54) is 4.90 Å². The highest BCUT2D eigenvalue weighted by Gasteiger charge is 2.05. The lowest BCUT2D eigenvalue weighted by Gasteiger charge is -2.06. The molecule has 0 radical (unpaired) electrons. The van der Waals surface area contributed by atoms with Gasteiger partial charge in [-0.25, -0.2) is 4.68 Å². The number of nitrogens with one attached hydrogen (secondary N) is 1. The second-order valence-electron chi connectivity index (χ2n) is 4.91. The average molecular weight is 323 g/mol. The van der Waals surface area contributed by atoms with Crippen molar-refractivity contribution in [2.45, 2.75) is 4.90 Å². The summed E-state index contributed by atoms with van der Waals surface area (Å²) >= 11 is 1.73. The highest BCUT2D eigenvalue weighted by molar-refractivity contribution is 7.99. The Labute approximate surface area is 139 Å². The van der Waals surface area contributed by atoms with E-state index in [2.05, 4.69) is 22.5 Å². The summed E-state index contributed by atoms with van der Waals surface area (Å²) in [4.78, 5) is 13.3. The first kappa shape index (κ1) is 15.4. The highest BCUT2D eigenvalue weighted by Crippen LogP contribution is 2.16. The number of amides is 1. The number of aromatic nitrogens is 2. The summed E-state index contributed by atoms with van der Waals surface area (Å²) < 4.78 is 1.76. The molecule has 0 unspecified atom stereocenters. The minimum absolute atomic E-state index is 0.0503. The van der Waals surface area contributed by atoms with Crippen LogP contribution in [0.5, 0.6) is 0 Å². The maximum absolute atomic E-state index is 12.1. The first-order valence-corrected chi connectivity index (χ1v) is 8.37. The SMILES string of the molecule is O=C(NCCSc1ccccc1)c1ccc(-n2cccn2)cc1. The van der Waals surface area contributed by atoms with Gasteiger partial charge in [0.2, 0.25) is 0 Å². The standard InChI is InChI=1S/C18H17N3OS/c22-18(19-12-14-23-17-5-2-1-3-6-17)15-7-9-16(10-8-15)21-13-4-11-20-21/h1-11,13H,12,14H2,(H,19,22). The van der Waals surface area contributed by atoms with E-state index in [1.807, 2.05) is 54.7 Å². The van der Waals surface area contributed by atoms with Crippen LogP contribution in [-0.4, -0.2) is 28.0 Å². The van der Waals surface area contributed by atoms with Gasteiger partial charge in [0, 0.05) is 35.2 Å². The number of nitrogens with zero attached hydrogens (tertiary/aromatic N) is 2. The molecule has 5 heteroatoms. The number of thioether (sulfide) groups is 1. The Morgan fingerprint density at radius 3 is 2.52 bits per heavy atom. The second kappa shape index (κ2) is 7.65. The van der Waals surface area contributed by atoms with Gasteiger partial charge in [-0.1, -0.05) is 18.2 Å². The molecule has 1 heterocycles. The molecule has 1 N–H and O–H groups in total. The molecule has 0 spiro atoms. The zero-order valence-electron chi connectivity index (χ0n) is 12.6. The van der Waals surface area contributed by atoms with Crippen LogP contribution in [0.1, 0.15) is 10.4 Å². The molecular formula is C18H17N3OS. The zero-order valence-corrected chi connectivity index (χ0v) is 13.4. The van der Waals surface area contributed by atoms with Crippen molar-refractivity contribution in [3.05, 3.63) is 78.6 Å². The van der Waals surface area contributed by atoms with Crippen molar-refractivity contribution < 1.29 is 4.79 Å². The smallest absolute Gasteiger partial charge is 0.251 e. The third-order valence-corrected chi connectivity index (χ3v) is 4.31. The maximum atomic E-state index is 12.1. The molecule has 3 rings (SSSR count). The molecule has 0 aliphatic carbocycles. The molecule has 0 bridgehead atoms. The molecule has 0 saturated heterocycles. The predicted molar refractivity (Wildman–Crippen MR) is 93.1 cm³/mol. The van der Waals surface area contributed by atoms with Gasteiger partial charge in [0.05, 0.1) is 5.69 Å². The Hall–Kier alpha value is -2.53. The van der Waals surface area contributed by atoms with Gasteiger partial charge in [-0.15, -0.1) is 11.8 Å². The Morgan fingerprint density at radius 1 is 1.04 bits per heavy atom. The summed E-state index contributed by atoms with van der Waals surface area (Å²) in [5, 5.41) is 7.11. The van der Waals surface area contributed by atoms with E-state index in [0.717, 1.165) is 11.4 Å². The monoisotopic (exact) mass is 323 g/mol. The van der Waals surface area contributed by atoms with Gasteiger partial charge < -0.3 is 5.32 Å². The third-order valence-electron chi connectivity index (χ3n) is 3.30. The summed E-state index contributed by atoms with van der Waals surface area (Å²) in [6, 6.07) is 19.4. The van der Waals surface area contributed by atoms with E-state index in [9.17, 15) is 4.79 Å². The Bertz CT molecular complexity index is 740. The zero-order chi connectivity index (χ0) is 15.9. The Morgan fingerprint density at radius 2 is 1.83 bits per heavy atom. The summed E-state index contributed by atoms with van der Waals surface area (Å²) in [7, 11) is 0. The lowest BCUT2D eigenvalue weighted by atomic mass is 10.2. The van der Waals surface area contributed by atoms with Crippen molar-refractivity contribution in [2.24, 2.45) is 0 Å². The van der Waals surface area contributed by atoms with Crippen LogP contribution in [-0.2, 0) is 0 Å². The average Bonchev–Trinajstić information content (AvgIpc) is 3.14. The molecule has 4 nitrogen and oxygen atoms in total. The Balaban J connectivity index is 1.48.